The Balaban J connectivity index is 2.82. The van der Waals surface area contributed by atoms with Crippen LogP contribution in [0.3, 0.4) is 0 Å². The maximum atomic E-state index is 13.2. The molecule has 88 valence electrons. The number of amides is 1. The van der Waals surface area contributed by atoms with Crippen molar-refractivity contribution in [2.75, 3.05) is 0 Å². The monoisotopic (exact) mass is 235 g/mol. The Kier molecular flexibility index (Phi) is 4.23. The van der Waals surface area contributed by atoms with Crippen molar-refractivity contribution in [3.05, 3.63) is 35.6 Å². The Morgan fingerprint density at radius 1 is 1.47 bits per heavy atom. The number of nitrogens with one attached hydrogen (secondary N) is 1. The summed E-state index contributed by atoms with van der Waals surface area (Å²) in [6.45, 7) is 0. The molecule has 1 atom stereocenters. The third kappa shape index (κ3) is 3.31. The van der Waals surface area contributed by atoms with E-state index in [-0.39, 0.29) is 12.0 Å². The highest BCUT2D eigenvalue weighted by Gasteiger charge is 2.20. The molecule has 0 saturated carbocycles. The van der Waals surface area contributed by atoms with E-state index in [0.29, 0.717) is 0 Å². The van der Waals surface area contributed by atoms with Crippen molar-refractivity contribution in [2.24, 2.45) is 0 Å². The zero-order valence-corrected chi connectivity index (χ0v) is 8.81. The average molecular weight is 235 g/mol. The highest BCUT2D eigenvalue weighted by molar-refractivity contribution is 5.96. The first-order valence-corrected chi connectivity index (χ1v) is 4.78. The van der Waals surface area contributed by atoms with Crippen LogP contribution in [0.25, 0.3) is 0 Å². The first-order chi connectivity index (χ1) is 8.06. The van der Waals surface area contributed by atoms with Crippen LogP contribution in [0.2, 0.25) is 0 Å². The summed E-state index contributed by atoms with van der Waals surface area (Å²) in [6.07, 6.45) is 4.82. The fourth-order valence-electron chi connectivity index (χ4n) is 1.20. The number of benzene rings is 1. The number of hydrogen-bond acceptors (Lipinski definition) is 2. The number of halogens is 1. The van der Waals surface area contributed by atoms with Gasteiger partial charge < -0.3 is 10.4 Å². The van der Waals surface area contributed by atoms with Crippen LogP contribution in [0.1, 0.15) is 16.8 Å². The molecule has 1 rings (SSSR count). The molecule has 0 aliphatic rings. The summed E-state index contributed by atoms with van der Waals surface area (Å²) in [4.78, 5) is 22.3. The van der Waals surface area contributed by atoms with E-state index < -0.39 is 23.7 Å². The van der Waals surface area contributed by atoms with Crippen LogP contribution in [-0.2, 0) is 4.79 Å². The van der Waals surface area contributed by atoms with Gasteiger partial charge in [-0.05, 0) is 12.1 Å². The van der Waals surface area contributed by atoms with Crippen LogP contribution in [0, 0.1) is 18.2 Å². The van der Waals surface area contributed by atoms with Gasteiger partial charge in [0.05, 0.1) is 5.56 Å². The van der Waals surface area contributed by atoms with Gasteiger partial charge >= 0.3 is 5.97 Å². The molecule has 0 unspecified atom stereocenters. The lowest BCUT2D eigenvalue weighted by molar-refractivity contribution is -0.139. The molecule has 1 amide bonds. The second-order valence-corrected chi connectivity index (χ2v) is 3.25. The Bertz CT molecular complexity index is 479. The summed E-state index contributed by atoms with van der Waals surface area (Å²) >= 11 is 0. The van der Waals surface area contributed by atoms with E-state index in [4.69, 9.17) is 11.5 Å². The smallest absolute Gasteiger partial charge is 0.327 e. The van der Waals surface area contributed by atoms with Gasteiger partial charge in [0.25, 0.3) is 5.91 Å². The average Bonchev–Trinajstić information content (AvgIpc) is 2.28. The number of carboxylic acid groups (broad SMARTS) is 1. The summed E-state index contributed by atoms with van der Waals surface area (Å²) in [6, 6.07) is 4.08. The predicted octanol–water partition coefficient (Wildman–Crippen LogP) is 1.03. The molecule has 1 aromatic carbocycles. The van der Waals surface area contributed by atoms with Gasteiger partial charge in [0.1, 0.15) is 11.9 Å². The Morgan fingerprint density at radius 3 is 2.65 bits per heavy atom. The van der Waals surface area contributed by atoms with E-state index in [2.05, 4.69) is 11.2 Å². The molecule has 0 heterocycles. The molecular weight excluding hydrogens is 225 g/mol. The van der Waals surface area contributed by atoms with Crippen molar-refractivity contribution in [2.45, 2.75) is 12.5 Å². The summed E-state index contributed by atoms with van der Waals surface area (Å²) in [5.41, 5.74) is -0.212. The van der Waals surface area contributed by atoms with Crippen LogP contribution in [0.4, 0.5) is 4.39 Å². The summed E-state index contributed by atoms with van der Waals surface area (Å²) in [5.74, 6) is -0.639. The lowest BCUT2D eigenvalue weighted by Crippen LogP contribution is -2.40. The highest BCUT2D eigenvalue weighted by atomic mass is 19.1. The summed E-state index contributed by atoms with van der Waals surface area (Å²) in [5, 5.41) is 10.9. The SMILES string of the molecule is C#CC[C@@H](NC(=O)c1ccccc1F)C(=O)O. The maximum Gasteiger partial charge on any atom is 0.327 e. The van der Waals surface area contributed by atoms with Crippen LogP contribution < -0.4 is 5.32 Å². The Labute approximate surface area is 97.5 Å². The minimum absolute atomic E-state index is 0.157. The first kappa shape index (κ1) is 12.7. The van der Waals surface area contributed by atoms with Crippen molar-refractivity contribution >= 4 is 11.9 Å². The normalized spacial score (nSPS) is 11.3. The zero-order valence-electron chi connectivity index (χ0n) is 8.81. The quantitative estimate of drug-likeness (QED) is 0.766. The molecule has 0 bridgehead atoms. The van der Waals surface area contributed by atoms with Crippen LogP contribution in [-0.4, -0.2) is 23.0 Å². The van der Waals surface area contributed by atoms with Gasteiger partial charge in [0, 0.05) is 6.42 Å². The van der Waals surface area contributed by atoms with Crippen molar-refractivity contribution < 1.29 is 19.1 Å². The number of carbonyl (C=O) groups is 2. The number of carbonyl (C=O) groups excluding carboxylic acids is 1. The minimum Gasteiger partial charge on any atom is -0.480 e. The van der Waals surface area contributed by atoms with Gasteiger partial charge in [-0.3, -0.25) is 4.79 Å². The summed E-state index contributed by atoms with van der Waals surface area (Å²) in [7, 11) is 0. The molecule has 0 aliphatic heterocycles. The minimum atomic E-state index is -1.26. The Morgan fingerprint density at radius 2 is 2.12 bits per heavy atom. The molecule has 0 saturated heterocycles. The molecule has 1 aromatic rings. The van der Waals surface area contributed by atoms with Crippen LogP contribution in [0.5, 0.6) is 0 Å². The van der Waals surface area contributed by atoms with Crippen molar-refractivity contribution in [1.82, 2.24) is 5.32 Å². The van der Waals surface area contributed by atoms with Gasteiger partial charge in [-0.2, -0.15) is 0 Å². The number of terminal acetylenes is 1. The molecule has 17 heavy (non-hydrogen) atoms. The van der Waals surface area contributed by atoms with E-state index in [9.17, 15) is 14.0 Å². The second kappa shape index (κ2) is 5.66. The second-order valence-electron chi connectivity index (χ2n) is 3.25. The predicted molar refractivity (Wildman–Crippen MR) is 58.7 cm³/mol. The van der Waals surface area contributed by atoms with Crippen molar-refractivity contribution in [3.8, 4) is 12.3 Å². The van der Waals surface area contributed by atoms with E-state index in [1.807, 2.05) is 0 Å². The molecule has 0 spiro atoms. The first-order valence-electron chi connectivity index (χ1n) is 4.78. The number of hydrogen-bond donors (Lipinski definition) is 2. The Hall–Kier alpha value is -2.35. The molecule has 0 fully saturated rings. The summed E-state index contributed by atoms with van der Waals surface area (Å²) < 4.78 is 13.2. The van der Waals surface area contributed by atoms with Crippen LogP contribution >= 0.6 is 0 Å². The van der Waals surface area contributed by atoms with Gasteiger partial charge in [0.15, 0.2) is 0 Å². The molecule has 0 aromatic heterocycles. The topological polar surface area (TPSA) is 66.4 Å². The molecule has 5 heteroatoms. The molecular formula is C12H10FNO3. The fourth-order valence-corrected chi connectivity index (χ4v) is 1.20. The number of rotatable bonds is 4. The van der Waals surface area contributed by atoms with E-state index >= 15 is 0 Å². The lowest BCUT2D eigenvalue weighted by Gasteiger charge is -2.11. The van der Waals surface area contributed by atoms with Gasteiger partial charge in [-0.1, -0.05) is 12.1 Å². The maximum absolute atomic E-state index is 13.2. The van der Waals surface area contributed by atoms with E-state index in [1.54, 1.807) is 0 Å². The van der Waals surface area contributed by atoms with Gasteiger partial charge in [-0.25, -0.2) is 9.18 Å². The largest absolute Gasteiger partial charge is 0.480 e. The molecule has 0 radical (unpaired) electrons. The fraction of sp³-hybridized carbons (Fsp3) is 0.167. The number of aliphatic carboxylic acids is 1. The van der Waals surface area contributed by atoms with E-state index in [0.717, 1.165) is 6.07 Å². The van der Waals surface area contributed by atoms with Crippen molar-refractivity contribution in [1.29, 1.82) is 0 Å². The van der Waals surface area contributed by atoms with Gasteiger partial charge in [-0.15, -0.1) is 12.3 Å². The zero-order chi connectivity index (χ0) is 12.8. The van der Waals surface area contributed by atoms with Crippen LogP contribution in [0.15, 0.2) is 24.3 Å². The highest BCUT2D eigenvalue weighted by Crippen LogP contribution is 2.06. The van der Waals surface area contributed by atoms with Gasteiger partial charge in [0.2, 0.25) is 0 Å². The standard InChI is InChI=1S/C12H10FNO3/c1-2-5-10(12(16)17)14-11(15)8-6-3-4-7-9(8)13/h1,3-4,6-7,10H,5H2,(H,14,15)(H,16,17)/t10-/m1/s1. The third-order valence-electron chi connectivity index (χ3n) is 2.04. The molecule has 4 nitrogen and oxygen atoms in total. The molecule has 2 N–H and O–H groups in total. The van der Waals surface area contributed by atoms with E-state index in [1.165, 1.54) is 18.2 Å². The molecule has 0 aliphatic carbocycles. The number of carboxylic acids is 1. The third-order valence-corrected chi connectivity index (χ3v) is 2.04. The lowest BCUT2D eigenvalue weighted by atomic mass is 10.1. The van der Waals surface area contributed by atoms with Crippen molar-refractivity contribution in [3.63, 3.8) is 0 Å².